The van der Waals surface area contributed by atoms with E-state index in [2.05, 4.69) is 26.1 Å². The topological polar surface area (TPSA) is 33.6 Å². The highest BCUT2D eigenvalue weighted by molar-refractivity contribution is 9.10. The number of nitrogens with zero attached hydrogens (tertiary/aromatic N) is 2. The van der Waals surface area contributed by atoms with E-state index in [9.17, 15) is 4.39 Å². The molecule has 1 N–H and O–H groups in total. The third-order valence-corrected chi connectivity index (χ3v) is 3.13. The Morgan fingerprint density at radius 3 is 2.82 bits per heavy atom. The first-order valence-corrected chi connectivity index (χ1v) is 6.33. The van der Waals surface area contributed by atoms with E-state index in [1.165, 1.54) is 6.07 Å². The van der Waals surface area contributed by atoms with Gasteiger partial charge in [0.05, 0.1) is 5.69 Å². The summed E-state index contributed by atoms with van der Waals surface area (Å²) in [6, 6.07) is 4.74. The van der Waals surface area contributed by atoms with E-state index < -0.39 is 0 Å². The van der Waals surface area contributed by atoms with Crippen LogP contribution in [0.15, 0.2) is 22.7 Å². The van der Waals surface area contributed by atoms with Crippen LogP contribution in [0.5, 0.6) is 0 Å². The van der Waals surface area contributed by atoms with Gasteiger partial charge in [0, 0.05) is 10.4 Å². The average Bonchev–Trinajstić information content (AvgIpc) is 2.64. The summed E-state index contributed by atoms with van der Waals surface area (Å²) in [5.41, 5.74) is 0.404. The van der Waals surface area contributed by atoms with Crippen LogP contribution < -0.4 is 0 Å². The first-order valence-electron chi connectivity index (χ1n) is 5.13. The average molecular weight is 316 g/mol. The molecule has 0 amide bonds. The van der Waals surface area contributed by atoms with Gasteiger partial charge in [-0.25, -0.2) is 4.39 Å². The maximum atomic E-state index is 13.8. The van der Waals surface area contributed by atoms with E-state index in [4.69, 9.17) is 12.2 Å². The predicted molar refractivity (Wildman–Crippen MR) is 70.5 cm³/mol. The summed E-state index contributed by atoms with van der Waals surface area (Å²) >= 11 is 8.46. The highest BCUT2D eigenvalue weighted by Gasteiger charge is 2.14. The summed E-state index contributed by atoms with van der Waals surface area (Å²) in [6.45, 7) is 3.97. The Hall–Kier alpha value is -1.01. The molecule has 1 heterocycles. The Balaban J connectivity index is 2.72. The predicted octanol–water partition coefficient (Wildman–Crippen LogP) is 3.95. The molecule has 2 rings (SSSR count). The molecule has 0 aliphatic rings. The van der Waals surface area contributed by atoms with Gasteiger partial charge in [0.2, 0.25) is 0 Å². The number of rotatable bonds is 2. The first kappa shape index (κ1) is 12.4. The van der Waals surface area contributed by atoms with Gasteiger partial charge >= 0.3 is 0 Å². The van der Waals surface area contributed by atoms with Crippen molar-refractivity contribution in [3.8, 4) is 5.69 Å². The van der Waals surface area contributed by atoms with Crippen LogP contribution in [-0.2, 0) is 0 Å². The van der Waals surface area contributed by atoms with Crippen molar-refractivity contribution < 1.29 is 4.39 Å². The fourth-order valence-corrected chi connectivity index (χ4v) is 2.17. The summed E-state index contributed by atoms with van der Waals surface area (Å²) in [4.78, 5) is 0. The Morgan fingerprint density at radius 2 is 2.18 bits per heavy atom. The monoisotopic (exact) mass is 315 g/mol. The number of hydrogen-bond acceptors (Lipinski definition) is 2. The van der Waals surface area contributed by atoms with E-state index >= 15 is 0 Å². The molecular weight excluding hydrogens is 305 g/mol. The Labute approximate surface area is 112 Å². The summed E-state index contributed by atoms with van der Waals surface area (Å²) in [5.74, 6) is 0.543. The second kappa shape index (κ2) is 4.70. The molecule has 90 valence electrons. The maximum absolute atomic E-state index is 13.8. The van der Waals surface area contributed by atoms with Crippen LogP contribution in [-0.4, -0.2) is 14.8 Å². The third-order valence-electron chi connectivity index (χ3n) is 2.36. The molecule has 6 heteroatoms. The fourth-order valence-electron chi connectivity index (χ4n) is 1.59. The van der Waals surface area contributed by atoms with Gasteiger partial charge in [-0.3, -0.25) is 9.67 Å². The zero-order valence-corrected chi connectivity index (χ0v) is 11.8. The standard InChI is InChI=1S/C11H11BrFN3S/c1-6(2)10-14-15-11(17)16(10)9-5-7(12)3-4-8(9)13/h3-6H,1-2H3,(H,15,17). The van der Waals surface area contributed by atoms with Gasteiger partial charge < -0.3 is 0 Å². The van der Waals surface area contributed by atoms with Crippen molar-refractivity contribution in [1.82, 2.24) is 14.8 Å². The molecule has 3 nitrogen and oxygen atoms in total. The second-order valence-corrected chi connectivity index (χ2v) is 5.28. The van der Waals surface area contributed by atoms with Crippen LogP contribution in [0.4, 0.5) is 4.39 Å². The number of H-pyrrole nitrogens is 1. The van der Waals surface area contributed by atoms with Crippen LogP contribution in [0.2, 0.25) is 0 Å². The Bertz CT molecular complexity index is 603. The third kappa shape index (κ3) is 2.32. The van der Waals surface area contributed by atoms with Gasteiger partial charge in [-0.1, -0.05) is 29.8 Å². The number of aromatic nitrogens is 3. The maximum Gasteiger partial charge on any atom is 0.199 e. The highest BCUT2D eigenvalue weighted by Crippen LogP contribution is 2.23. The number of nitrogens with one attached hydrogen (secondary N) is 1. The molecule has 0 unspecified atom stereocenters. The van der Waals surface area contributed by atoms with E-state index in [-0.39, 0.29) is 11.7 Å². The summed E-state index contributed by atoms with van der Waals surface area (Å²) in [5, 5.41) is 6.82. The molecular formula is C11H11BrFN3S. The zero-order valence-electron chi connectivity index (χ0n) is 9.37. The molecule has 0 saturated heterocycles. The van der Waals surface area contributed by atoms with E-state index in [1.54, 1.807) is 16.7 Å². The molecule has 0 atom stereocenters. The Kier molecular flexibility index (Phi) is 3.44. The summed E-state index contributed by atoms with van der Waals surface area (Å²) < 4.78 is 16.6. The minimum Gasteiger partial charge on any atom is -0.269 e. The van der Waals surface area contributed by atoms with Crippen molar-refractivity contribution in [2.45, 2.75) is 19.8 Å². The van der Waals surface area contributed by atoms with E-state index in [0.29, 0.717) is 16.3 Å². The SMILES string of the molecule is CC(C)c1n[nH]c(=S)n1-c1cc(Br)ccc1F. The normalized spacial score (nSPS) is 11.1. The van der Waals surface area contributed by atoms with Crippen LogP contribution in [0.3, 0.4) is 0 Å². The molecule has 0 spiro atoms. The van der Waals surface area contributed by atoms with Crippen molar-refractivity contribution in [2.75, 3.05) is 0 Å². The molecule has 0 aliphatic carbocycles. The minimum absolute atomic E-state index is 0.154. The number of hydrogen-bond donors (Lipinski definition) is 1. The molecule has 0 aliphatic heterocycles. The molecule has 0 fully saturated rings. The molecule has 17 heavy (non-hydrogen) atoms. The van der Waals surface area contributed by atoms with Gasteiger partial charge in [0.1, 0.15) is 11.6 Å². The fraction of sp³-hybridized carbons (Fsp3) is 0.273. The lowest BCUT2D eigenvalue weighted by Crippen LogP contribution is -2.05. The van der Waals surface area contributed by atoms with Gasteiger partial charge in [-0.2, -0.15) is 5.10 Å². The quantitative estimate of drug-likeness (QED) is 0.851. The molecule has 2 aromatic rings. The largest absolute Gasteiger partial charge is 0.269 e. The summed E-state index contributed by atoms with van der Waals surface area (Å²) in [6.07, 6.45) is 0. The van der Waals surface area contributed by atoms with Crippen LogP contribution >= 0.6 is 28.1 Å². The van der Waals surface area contributed by atoms with Crippen molar-refractivity contribution in [1.29, 1.82) is 0 Å². The van der Waals surface area contributed by atoms with Gasteiger partial charge in [0.15, 0.2) is 4.77 Å². The molecule has 1 aromatic carbocycles. The minimum atomic E-state index is -0.326. The van der Waals surface area contributed by atoms with Crippen molar-refractivity contribution in [3.05, 3.63) is 39.1 Å². The van der Waals surface area contributed by atoms with E-state index in [0.717, 1.165) is 4.47 Å². The highest BCUT2D eigenvalue weighted by atomic mass is 79.9. The molecule has 1 aromatic heterocycles. The van der Waals surface area contributed by atoms with Crippen LogP contribution in [0.1, 0.15) is 25.6 Å². The van der Waals surface area contributed by atoms with E-state index in [1.807, 2.05) is 13.8 Å². The van der Waals surface area contributed by atoms with Crippen LogP contribution in [0.25, 0.3) is 5.69 Å². The van der Waals surface area contributed by atoms with Crippen molar-refractivity contribution >= 4 is 28.1 Å². The molecule has 0 radical (unpaired) electrons. The van der Waals surface area contributed by atoms with Crippen LogP contribution in [0, 0.1) is 10.6 Å². The first-order chi connectivity index (χ1) is 8.00. The lowest BCUT2D eigenvalue weighted by atomic mass is 10.2. The summed E-state index contributed by atoms with van der Waals surface area (Å²) in [7, 11) is 0. The lowest BCUT2D eigenvalue weighted by Gasteiger charge is -2.10. The van der Waals surface area contributed by atoms with Gasteiger partial charge in [-0.15, -0.1) is 0 Å². The second-order valence-electron chi connectivity index (χ2n) is 3.97. The van der Waals surface area contributed by atoms with Gasteiger partial charge in [-0.05, 0) is 30.4 Å². The smallest absolute Gasteiger partial charge is 0.199 e. The van der Waals surface area contributed by atoms with Crippen molar-refractivity contribution in [2.24, 2.45) is 0 Å². The van der Waals surface area contributed by atoms with Gasteiger partial charge in [0.25, 0.3) is 0 Å². The zero-order chi connectivity index (χ0) is 12.6. The number of halogens is 2. The Morgan fingerprint density at radius 1 is 1.47 bits per heavy atom. The number of aromatic amines is 1. The van der Waals surface area contributed by atoms with Crippen molar-refractivity contribution in [3.63, 3.8) is 0 Å². The molecule has 0 bridgehead atoms. The lowest BCUT2D eigenvalue weighted by molar-refractivity contribution is 0.610. The number of benzene rings is 1. The molecule has 0 saturated carbocycles.